The Labute approximate surface area is 288 Å². The van der Waals surface area contributed by atoms with E-state index in [-0.39, 0.29) is 29.6 Å². The number of hydrogen-bond acceptors (Lipinski definition) is 8. The SMILES string of the molecule is CCN(CC)C(=O)c1cn(Cc2ccc(F)cc2)cc(C(=O)Nc2ccc(-c3cc(-c4cnn(C[C@H]5COCCO5)c4)cnc3N)cc2)c1=O. The fourth-order valence-electron chi connectivity index (χ4n) is 5.78. The number of nitrogens with one attached hydrogen (secondary N) is 1. The Hall–Kier alpha value is -5.66. The molecular weight excluding hydrogens is 641 g/mol. The largest absolute Gasteiger partial charge is 0.383 e. The maximum atomic E-state index is 13.6. The molecule has 1 aliphatic heterocycles. The molecule has 1 saturated heterocycles. The van der Waals surface area contributed by atoms with Gasteiger partial charge in [0.2, 0.25) is 5.43 Å². The molecule has 0 aliphatic carbocycles. The second-order valence-corrected chi connectivity index (χ2v) is 11.9. The van der Waals surface area contributed by atoms with Crippen LogP contribution in [0.1, 0.15) is 40.1 Å². The van der Waals surface area contributed by atoms with E-state index in [0.29, 0.717) is 56.5 Å². The first kappa shape index (κ1) is 34.2. The summed E-state index contributed by atoms with van der Waals surface area (Å²) in [5, 5.41) is 7.25. The number of amides is 2. The van der Waals surface area contributed by atoms with Crippen LogP contribution in [0.5, 0.6) is 0 Å². The Morgan fingerprint density at radius 1 is 0.960 bits per heavy atom. The van der Waals surface area contributed by atoms with Crippen LogP contribution in [0.2, 0.25) is 0 Å². The van der Waals surface area contributed by atoms with Crippen molar-refractivity contribution in [2.75, 3.05) is 44.0 Å². The van der Waals surface area contributed by atoms with Crippen LogP contribution in [-0.2, 0) is 22.6 Å². The van der Waals surface area contributed by atoms with Crippen molar-refractivity contribution in [2.45, 2.75) is 33.0 Å². The lowest BCUT2D eigenvalue weighted by molar-refractivity contribution is -0.0946. The molecule has 4 heterocycles. The van der Waals surface area contributed by atoms with Crippen molar-refractivity contribution < 1.29 is 23.5 Å². The summed E-state index contributed by atoms with van der Waals surface area (Å²) >= 11 is 0. The van der Waals surface area contributed by atoms with Crippen LogP contribution in [0.4, 0.5) is 15.9 Å². The first-order valence-electron chi connectivity index (χ1n) is 16.4. The van der Waals surface area contributed by atoms with Gasteiger partial charge in [0.05, 0.1) is 32.6 Å². The molecule has 6 rings (SSSR count). The highest BCUT2D eigenvalue weighted by atomic mass is 19.1. The zero-order valence-corrected chi connectivity index (χ0v) is 27.8. The Balaban J connectivity index is 1.22. The van der Waals surface area contributed by atoms with Gasteiger partial charge in [0.15, 0.2) is 0 Å². The molecule has 13 heteroatoms. The van der Waals surface area contributed by atoms with Gasteiger partial charge in [0.25, 0.3) is 11.8 Å². The van der Waals surface area contributed by atoms with Gasteiger partial charge in [0, 0.05) is 66.8 Å². The number of rotatable bonds is 11. The standard InChI is InChI=1S/C37H38FN7O5/c1-3-44(4-2)37(48)33-22-43(18-24-5-9-28(38)10-6-24)21-32(34(33)46)36(47)42-29-11-7-25(8-12-29)31-15-26(16-40-35(31)39)27-17-41-45(19-27)20-30-23-49-13-14-50-30/h5-12,15-17,19,21-22,30H,3-4,13-14,18,20,23H2,1-2H3,(H2,39,40)(H,42,47)/t30-/m0/s1. The highest BCUT2D eigenvalue weighted by Gasteiger charge is 2.23. The van der Waals surface area contributed by atoms with Gasteiger partial charge in [-0.05, 0) is 55.3 Å². The van der Waals surface area contributed by atoms with Crippen molar-refractivity contribution in [3.05, 3.63) is 118 Å². The molecule has 1 atom stereocenters. The molecule has 0 spiro atoms. The summed E-state index contributed by atoms with van der Waals surface area (Å²) in [7, 11) is 0. The van der Waals surface area contributed by atoms with E-state index in [1.165, 1.54) is 29.4 Å². The molecule has 50 heavy (non-hydrogen) atoms. The molecule has 5 aromatic rings. The third-order valence-corrected chi connectivity index (χ3v) is 8.50. The highest BCUT2D eigenvalue weighted by Crippen LogP contribution is 2.30. The number of pyridine rings is 2. The van der Waals surface area contributed by atoms with Crippen molar-refractivity contribution in [1.29, 1.82) is 0 Å². The lowest BCUT2D eigenvalue weighted by Crippen LogP contribution is -2.36. The fraction of sp³-hybridized carbons (Fsp3) is 0.270. The van der Waals surface area contributed by atoms with Crippen molar-refractivity contribution in [3.63, 3.8) is 0 Å². The van der Waals surface area contributed by atoms with Crippen molar-refractivity contribution in [2.24, 2.45) is 0 Å². The Morgan fingerprint density at radius 2 is 1.70 bits per heavy atom. The van der Waals surface area contributed by atoms with Gasteiger partial charge in [-0.2, -0.15) is 5.10 Å². The van der Waals surface area contributed by atoms with Crippen LogP contribution in [-0.4, -0.2) is 75.1 Å². The van der Waals surface area contributed by atoms with Crippen molar-refractivity contribution >= 4 is 23.3 Å². The number of ether oxygens (including phenoxy) is 2. The van der Waals surface area contributed by atoms with E-state index in [1.54, 1.807) is 53.4 Å². The molecule has 0 saturated carbocycles. The third kappa shape index (κ3) is 7.80. The van der Waals surface area contributed by atoms with Crippen LogP contribution < -0.4 is 16.5 Å². The van der Waals surface area contributed by atoms with Crippen LogP contribution in [0.25, 0.3) is 22.3 Å². The van der Waals surface area contributed by atoms with E-state index in [2.05, 4.69) is 15.4 Å². The second kappa shape index (κ2) is 15.3. The number of nitrogens with two attached hydrogens (primary N) is 1. The van der Waals surface area contributed by atoms with Crippen LogP contribution in [0.3, 0.4) is 0 Å². The van der Waals surface area contributed by atoms with Gasteiger partial charge < -0.3 is 30.0 Å². The molecule has 1 aliphatic rings. The van der Waals surface area contributed by atoms with Crippen LogP contribution in [0, 0.1) is 5.82 Å². The van der Waals surface area contributed by atoms with Gasteiger partial charge >= 0.3 is 0 Å². The molecule has 12 nitrogen and oxygen atoms in total. The smallest absolute Gasteiger partial charge is 0.261 e. The number of anilines is 2. The van der Waals surface area contributed by atoms with Gasteiger partial charge in [-0.25, -0.2) is 9.37 Å². The first-order chi connectivity index (χ1) is 24.2. The zero-order chi connectivity index (χ0) is 35.2. The third-order valence-electron chi connectivity index (χ3n) is 8.50. The van der Waals surface area contributed by atoms with Crippen molar-refractivity contribution in [1.82, 2.24) is 24.2 Å². The molecule has 3 N–H and O–H groups in total. The summed E-state index contributed by atoms with van der Waals surface area (Å²) in [5.41, 5.74) is 9.61. The molecule has 1 fully saturated rings. The minimum atomic E-state index is -0.676. The topological polar surface area (TPSA) is 147 Å². The van der Waals surface area contributed by atoms with Crippen LogP contribution in [0.15, 0.2) is 90.4 Å². The molecule has 2 aromatic carbocycles. The minimum Gasteiger partial charge on any atom is -0.383 e. The van der Waals surface area contributed by atoms with Gasteiger partial charge in [-0.15, -0.1) is 0 Å². The summed E-state index contributed by atoms with van der Waals surface area (Å²) in [6, 6.07) is 14.8. The molecule has 0 radical (unpaired) electrons. The number of hydrogen-bond donors (Lipinski definition) is 2. The number of carbonyl (C=O) groups excluding carboxylic acids is 2. The quantitative estimate of drug-likeness (QED) is 0.205. The minimum absolute atomic E-state index is 0.0584. The summed E-state index contributed by atoms with van der Waals surface area (Å²) < 4.78 is 28.1. The first-order valence-corrected chi connectivity index (χ1v) is 16.4. The van der Waals surface area contributed by atoms with E-state index < -0.39 is 17.2 Å². The molecule has 0 unspecified atom stereocenters. The fourth-order valence-corrected chi connectivity index (χ4v) is 5.78. The maximum absolute atomic E-state index is 13.6. The van der Waals surface area contributed by atoms with E-state index >= 15 is 0 Å². The molecule has 258 valence electrons. The number of nitrogen functional groups attached to an aromatic ring is 1. The second-order valence-electron chi connectivity index (χ2n) is 11.9. The number of nitrogens with zero attached hydrogens (tertiary/aromatic N) is 5. The normalized spacial score (nSPS) is 14.3. The molecular formula is C37H38FN7O5. The Kier molecular flexibility index (Phi) is 10.4. The molecule has 0 bridgehead atoms. The average molecular weight is 680 g/mol. The molecule has 2 amide bonds. The lowest BCUT2D eigenvalue weighted by Gasteiger charge is -2.22. The van der Waals surface area contributed by atoms with E-state index in [1.807, 2.05) is 30.8 Å². The summed E-state index contributed by atoms with van der Waals surface area (Å²) in [5.74, 6) is -1.19. The predicted octanol–water partition coefficient (Wildman–Crippen LogP) is 4.69. The monoisotopic (exact) mass is 679 g/mol. The van der Waals surface area contributed by atoms with Gasteiger partial charge in [-0.3, -0.25) is 19.1 Å². The van der Waals surface area contributed by atoms with E-state index in [0.717, 1.165) is 22.3 Å². The number of aromatic nitrogens is 4. The van der Waals surface area contributed by atoms with Gasteiger partial charge in [0.1, 0.15) is 28.9 Å². The van der Waals surface area contributed by atoms with Crippen LogP contribution >= 0.6 is 0 Å². The number of halogens is 1. The van der Waals surface area contributed by atoms with E-state index in [9.17, 15) is 18.8 Å². The zero-order valence-electron chi connectivity index (χ0n) is 27.8. The maximum Gasteiger partial charge on any atom is 0.261 e. The van der Waals surface area contributed by atoms with Gasteiger partial charge in [-0.1, -0.05) is 24.3 Å². The summed E-state index contributed by atoms with van der Waals surface area (Å²) in [6.07, 6.45) is 8.16. The number of carbonyl (C=O) groups is 2. The Morgan fingerprint density at radius 3 is 2.40 bits per heavy atom. The average Bonchev–Trinajstić information content (AvgIpc) is 3.59. The Bertz CT molecular complexity index is 2030. The lowest BCUT2D eigenvalue weighted by atomic mass is 10.0. The highest BCUT2D eigenvalue weighted by molar-refractivity contribution is 6.06. The summed E-state index contributed by atoms with van der Waals surface area (Å²) in [6.45, 7) is 6.90. The summed E-state index contributed by atoms with van der Waals surface area (Å²) in [4.78, 5) is 46.3. The predicted molar refractivity (Wildman–Crippen MR) is 187 cm³/mol. The molecule has 3 aromatic heterocycles. The van der Waals surface area contributed by atoms with Crippen molar-refractivity contribution in [3.8, 4) is 22.3 Å². The van der Waals surface area contributed by atoms with E-state index in [4.69, 9.17) is 15.2 Å². The number of benzene rings is 2.